The molecule has 2 aliphatic rings. The molecule has 1 aromatic carbocycles. The van der Waals surface area contributed by atoms with Crippen LogP contribution in [0.1, 0.15) is 15.2 Å². The second-order valence-corrected chi connectivity index (χ2v) is 8.59. The largest absolute Gasteiger partial charge is 0.454 e. The lowest BCUT2D eigenvalue weighted by Crippen LogP contribution is -2.35. The molecular formula is C22H11ClN6O4S. The maximum Gasteiger partial charge on any atom is 0.331 e. The Bertz CT molecular complexity index is 1570. The summed E-state index contributed by atoms with van der Waals surface area (Å²) in [5.74, 6) is 0.590. The molecule has 4 aromatic rings. The first kappa shape index (κ1) is 20.2. The topological polar surface area (TPSA) is 129 Å². The zero-order chi connectivity index (χ0) is 23.4. The molecule has 166 valence electrons. The molecule has 3 amide bonds. The van der Waals surface area contributed by atoms with Gasteiger partial charge in [0, 0.05) is 12.4 Å². The summed E-state index contributed by atoms with van der Waals surface area (Å²) in [7, 11) is 0. The molecule has 5 heterocycles. The Balaban J connectivity index is 1.56. The summed E-state index contributed by atoms with van der Waals surface area (Å²) in [6.45, 7) is -0.0312. The lowest BCUT2D eigenvalue weighted by Gasteiger charge is -2.30. The third-order valence-corrected chi connectivity index (χ3v) is 6.67. The van der Waals surface area contributed by atoms with Gasteiger partial charge in [0.25, 0.3) is 5.91 Å². The van der Waals surface area contributed by atoms with Gasteiger partial charge in [-0.25, -0.2) is 14.8 Å². The number of thiophene rings is 1. The Kier molecular flexibility index (Phi) is 4.51. The molecule has 12 heteroatoms. The number of benzene rings is 1. The fourth-order valence-electron chi connectivity index (χ4n) is 3.87. The third-order valence-electron chi connectivity index (χ3n) is 5.27. The van der Waals surface area contributed by atoms with E-state index in [9.17, 15) is 14.9 Å². The Labute approximate surface area is 200 Å². The number of carbonyl (C=O) groups is 2. The molecule has 0 radical (unpaired) electrons. The number of nitrogens with zero attached hydrogens (tertiary/aromatic N) is 4. The summed E-state index contributed by atoms with van der Waals surface area (Å²) in [5, 5.41) is 16.0. The molecule has 3 aromatic heterocycles. The van der Waals surface area contributed by atoms with Crippen molar-refractivity contribution >= 4 is 68.0 Å². The zero-order valence-corrected chi connectivity index (χ0v) is 18.5. The van der Waals surface area contributed by atoms with E-state index in [1.54, 1.807) is 36.5 Å². The van der Waals surface area contributed by atoms with Gasteiger partial charge >= 0.3 is 6.03 Å². The highest BCUT2D eigenvalue weighted by Gasteiger charge is 2.38. The van der Waals surface area contributed by atoms with Gasteiger partial charge in [-0.3, -0.25) is 9.69 Å². The number of amides is 3. The molecule has 2 aliphatic heterocycles. The van der Waals surface area contributed by atoms with Crippen molar-refractivity contribution in [2.75, 3.05) is 22.3 Å². The number of fused-ring (bicyclic) bond motifs is 1. The van der Waals surface area contributed by atoms with Crippen molar-refractivity contribution in [3.8, 4) is 17.6 Å². The molecular weight excluding hydrogens is 480 g/mol. The van der Waals surface area contributed by atoms with Crippen LogP contribution in [0.3, 0.4) is 0 Å². The smallest absolute Gasteiger partial charge is 0.331 e. The fraction of sp³-hybridized carbons (Fsp3) is 0.0455. The molecule has 0 spiro atoms. The van der Waals surface area contributed by atoms with Crippen LogP contribution in [-0.2, 0) is 0 Å². The van der Waals surface area contributed by atoms with Crippen molar-refractivity contribution in [1.82, 2.24) is 9.97 Å². The number of anilines is 4. The van der Waals surface area contributed by atoms with Crippen molar-refractivity contribution in [3.05, 3.63) is 58.2 Å². The number of nitriles is 1. The Morgan fingerprint density at radius 1 is 1.24 bits per heavy atom. The molecule has 10 nitrogen and oxygen atoms in total. The van der Waals surface area contributed by atoms with E-state index < -0.39 is 11.9 Å². The van der Waals surface area contributed by atoms with Crippen LogP contribution < -0.4 is 25.0 Å². The quantitative estimate of drug-likeness (QED) is 0.418. The first-order chi connectivity index (χ1) is 16.6. The summed E-state index contributed by atoms with van der Waals surface area (Å²) in [4.78, 5) is 36.9. The van der Waals surface area contributed by atoms with E-state index in [0.717, 1.165) is 11.3 Å². The van der Waals surface area contributed by atoms with Gasteiger partial charge in [-0.15, -0.1) is 11.3 Å². The van der Waals surface area contributed by atoms with Crippen molar-refractivity contribution in [1.29, 1.82) is 5.26 Å². The summed E-state index contributed by atoms with van der Waals surface area (Å²) >= 11 is 7.57. The number of halogens is 1. The number of rotatable bonds is 3. The van der Waals surface area contributed by atoms with Gasteiger partial charge < -0.3 is 20.1 Å². The van der Waals surface area contributed by atoms with Crippen LogP contribution in [0.2, 0.25) is 5.02 Å². The fourth-order valence-corrected chi connectivity index (χ4v) is 5.10. The Hall–Kier alpha value is -4.40. The summed E-state index contributed by atoms with van der Waals surface area (Å²) in [6, 6.07) is 9.80. The predicted octanol–water partition coefficient (Wildman–Crippen LogP) is 4.88. The van der Waals surface area contributed by atoms with E-state index >= 15 is 0 Å². The van der Waals surface area contributed by atoms with E-state index in [2.05, 4.69) is 26.7 Å². The monoisotopic (exact) mass is 490 g/mol. The predicted molar refractivity (Wildman–Crippen MR) is 125 cm³/mol. The molecule has 0 saturated heterocycles. The average Bonchev–Trinajstić information content (AvgIpc) is 3.46. The standard InChI is InChI=1S/C22H11ClN6O4S/c23-11-4-5-12-18(33-9-32-12)17(11)29-16-10(7-24)8-26-21-14(16)15(28-22(29)31)19(34-21)20(30)27-13-3-1-2-6-25-13/h1-6,8H,9H2,(H,28,31)(H,25,27,30). The number of aromatic nitrogens is 2. The van der Waals surface area contributed by atoms with Gasteiger partial charge in [0.15, 0.2) is 11.5 Å². The van der Waals surface area contributed by atoms with Crippen LogP contribution in [-0.4, -0.2) is 28.7 Å². The van der Waals surface area contributed by atoms with Gasteiger partial charge in [0.2, 0.25) is 6.79 Å². The number of nitrogens with one attached hydrogen (secondary N) is 2. The normalized spacial score (nSPS) is 13.5. The van der Waals surface area contributed by atoms with Crippen LogP contribution >= 0.6 is 22.9 Å². The van der Waals surface area contributed by atoms with Crippen LogP contribution in [0.4, 0.5) is 27.7 Å². The van der Waals surface area contributed by atoms with E-state index in [1.807, 2.05) is 0 Å². The molecule has 0 bridgehead atoms. The molecule has 34 heavy (non-hydrogen) atoms. The highest BCUT2D eigenvalue weighted by atomic mass is 35.5. The minimum Gasteiger partial charge on any atom is -0.454 e. The zero-order valence-electron chi connectivity index (χ0n) is 17.0. The van der Waals surface area contributed by atoms with Crippen molar-refractivity contribution in [2.24, 2.45) is 0 Å². The van der Waals surface area contributed by atoms with E-state index in [1.165, 1.54) is 11.1 Å². The Morgan fingerprint density at radius 2 is 2.12 bits per heavy atom. The molecule has 6 rings (SSSR count). The van der Waals surface area contributed by atoms with Gasteiger partial charge in [0.05, 0.1) is 27.3 Å². The highest BCUT2D eigenvalue weighted by molar-refractivity contribution is 7.21. The van der Waals surface area contributed by atoms with Crippen LogP contribution in [0.15, 0.2) is 42.7 Å². The summed E-state index contributed by atoms with van der Waals surface area (Å²) in [5.41, 5.74) is 0.875. The second-order valence-electron chi connectivity index (χ2n) is 7.18. The second kappa shape index (κ2) is 7.58. The van der Waals surface area contributed by atoms with E-state index in [-0.39, 0.29) is 45.1 Å². The maximum absolute atomic E-state index is 13.4. The van der Waals surface area contributed by atoms with E-state index in [0.29, 0.717) is 21.8 Å². The SMILES string of the molecule is N#Cc1cnc2sc(C(=O)Nc3ccccn3)c3c2c1N(c1c(Cl)ccc2c1OCO2)C(=O)N3. The first-order valence-corrected chi connectivity index (χ1v) is 11.0. The molecule has 0 atom stereocenters. The Morgan fingerprint density at radius 3 is 2.91 bits per heavy atom. The summed E-state index contributed by atoms with van der Waals surface area (Å²) in [6.07, 6.45) is 2.91. The molecule has 2 N–H and O–H groups in total. The lowest BCUT2D eigenvalue weighted by molar-refractivity contribution is 0.103. The number of hydrogen-bond acceptors (Lipinski definition) is 8. The number of carbonyl (C=O) groups excluding carboxylic acids is 2. The van der Waals surface area contributed by atoms with Crippen molar-refractivity contribution in [3.63, 3.8) is 0 Å². The van der Waals surface area contributed by atoms with Gasteiger partial charge in [0.1, 0.15) is 27.3 Å². The molecule has 0 fully saturated rings. The number of ether oxygens (including phenoxy) is 2. The first-order valence-electron chi connectivity index (χ1n) is 9.84. The average molecular weight is 491 g/mol. The van der Waals surface area contributed by atoms with Crippen molar-refractivity contribution < 1.29 is 19.1 Å². The van der Waals surface area contributed by atoms with Crippen molar-refractivity contribution in [2.45, 2.75) is 0 Å². The molecule has 0 saturated carbocycles. The number of pyridine rings is 2. The van der Waals surface area contributed by atoms with Crippen LogP contribution in [0.25, 0.3) is 10.2 Å². The van der Waals surface area contributed by atoms with E-state index in [4.69, 9.17) is 21.1 Å². The third kappa shape index (κ3) is 2.93. The maximum atomic E-state index is 13.4. The summed E-state index contributed by atoms with van der Waals surface area (Å²) < 4.78 is 11.0. The van der Waals surface area contributed by atoms with Gasteiger partial charge in [-0.2, -0.15) is 5.26 Å². The number of hydrogen-bond donors (Lipinski definition) is 2. The van der Waals surface area contributed by atoms with Gasteiger partial charge in [-0.05, 0) is 24.3 Å². The molecule has 0 aliphatic carbocycles. The number of urea groups is 1. The van der Waals surface area contributed by atoms with Crippen LogP contribution in [0.5, 0.6) is 11.5 Å². The van der Waals surface area contributed by atoms with Crippen LogP contribution in [0, 0.1) is 11.3 Å². The minimum atomic E-state index is -0.618. The minimum absolute atomic E-state index is 0.0312. The molecule has 0 unspecified atom stereocenters. The lowest BCUT2D eigenvalue weighted by atomic mass is 10.1. The van der Waals surface area contributed by atoms with Gasteiger partial charge in [-0.1, -0.05) is 17.7 Å². The highest BCUT2D eigenvalue weighted by Crippen LogP contribution is 2.53.